The molecule has 0 fully saturated rings. The molecule has 0 aliphatic heterocycles. The van der Waals surface area contributed by atoms with Gasteiger partial charge >= 0.3 is 0 Å². The van der Waals surface area contributed by atoms with Crippen LogP contribution < -0.4 is 0 Å². The molecule has 70 valence electrons. The van der Waals surface area contributed by atoms with Crippen LogP contribution in [0.1, 0.15) is 6.42 Å². The SMILES string of the molecule is N#CCCn1ccc2cccc(F)c21. The van der Waals surface area contributed by atoms with E-state index in [4.69, 9.17) is 5.26 Å². The molecule has 0 spiro atoms. The van der Waals surface area contributed by atoms with Crippen LogP contribution in [-0.4, -0.2) is 4.57 Å². The first-order valence-electron chi connectivity index (χ1n) is 4.43. The molecule has 1 heterocycles. The molecule has 0 radical (unpaired) electrons. The quantitative estimate of drug-likeness (QED) is 0.712. The van der Waals surface area contributed by atoms with Gasteiger partial charge in [-0.15, -0.1) is 0 Å². The molecule has 2 rings (SSSR count). The van der Waals surface area contributed by atoms with E-state index in [1.54, 1.807) is 10.6 Å². The van der Waals surface area contributed by atoms with Crippen molar-refractivity contribution in [2.45, 2.75) is 13.0 Å². The highest BCUT2D eigenvalue weighted by molar-refractivity contribution is 5.80. The zero-order valence-electron chi connectivity index (χ0n) is 7.57. The lowest BCUT2D eigenvalue weighted by molar-refractivity contribution is 0.623. The highest BCUT2D eigenvalue weighted by atomic mass is 19.1. The van der Waals surface area contributed by atoms with Crippen LogP contribution in [0, 0.1) is 17.1 Å². The summed E-state index contributed by atoms with van der Waals surface area (Å²) in [7, 11) is 0. The summed E-state index contributed by atoms with van der Waals surface area (Å²) < 4.78 is 15.2. The third-order valence-electron chi connectivity index (χ3n) is 2.20. The maximum absolute atomic E-state index is 13.4. The zero-order chi connectivity index (χ0) is 9.97. The van der Waals surface area contributed by atoms with Crippen molar-refractivity contribution in [2.24, 2.45) is 0 Å². The van der Waals surface area contributed by atoms with Gasteiger partial charge in [0.15, 0.2) is 0 Å². The average molecular weight is 188 g/mol. The Bertz CT molecular complexity index is 493. The summed E-state index contributed by atoms with van der Waals surface area (Å²) in [4.78, 5) is 0. The third kappa shape index (κ3) is 1.35. The summed E-state index contributed by atoms with van der Waals surface area (Å²) in [5, 5.41) is 9.33. The van der Waals surface area contributed by atoms with Gasteiger partial charge < -0.3 is 4.57 Å². The number of nitrogens with zero attached hydrogens (tertiary/aromatic N) is 2. The Balaban J connectivity index is 2.51. The maximum atomic E-state index is 13.4. The fourth-order valence-electron chi connectivity index (χ4n) is 1.57. The first-order chi connectivity index (χ1) is 6.83. The van der Waals surface area contributed by atoms with E-state index in [2.05, 4.69) is 0 Å². The van der Waals surface area contributed by atoms with Gasteiger partial charge in [0.25, 0.3) is 0 Å². The number of para-hydroxylation sites is 1. The standard InChI is InChI=1S/C11H9FN2/c12-10-4-1-3-9-5-8-14(11(9)10)7-2-6-13/h1,3-5,8H,2,7H2. The normalized spacial score (nSPS) is 10.3. The lowest BCUT2D eigenvalue weighted by atomic mass is 10.2. The van der Waals surface area contributed by atoms with Gasteiger partial charge in [-0.05, 0) is 12.1 Å². The van der Waals surface area contributed by atoms with Crippen LogP contribution >= 0.6 is 0 Å². The molecule has 0 aliphatic rings. The molecule has 0 saturated carbocycles. The summed E-state index contributed by atoms with van der Waals surface area (Å²) >= 11 is 0. The molecule has 1 aromatic heterocycles. The van der Waals surface area contributed by atoms with Crippen molar-refractivity contribution >= 4 is 10.9 Å². The minimum atomic E-state index is -0.231. The average Bonchev–Trinajstić information content (AvgIpc) is 2.59. The number of benzene rings is 1. The molecule has 3 heteroatoms. The summed E-state index contributed by atoms with van der Waals surface area (Å²) in [5.74, 6) is -0.231. The lowest BCUT2D eigenvalue weighted by Crippen LogP contribution is -1.96. The fourth-order valence-corrected chi connectivity index (χ4v) is 1.57. The molecule has 0 amide bonds. The van der Waals surface area contributed by atoms with Crippen LogP contribution in [0.3, 0.4) is 0 Å². The van der Waals surface area contributed by atoms with E-state index in [0.717, 1.165) is 5.39 Å². The Labute approximate surface area is 81.2 Å². The molecule has 2 nitrogen and oxygen atoms in total. The van der Waals surface area contributed by atoms with E-state index in [0.29, 0.717) is 18.5 Å². The number of nitriles is 1. The molecule has 0 atom stereocenters. The lowest BCUT2D eigenvalue weighted by Gasteiger charge is -2.02. The Morgan fingerprint density at radius 1 is 1.36 bits per heavy atom. The largest absolute Gasteiger partial charge is 0.344 e. The molecule has 0 aliphatic carbocycles. The monoisotopic (exact) mass is 188 g/mol. The molecule has 0 unspecified atom stereocenters. The van der Waals surface area contributed by atoms with E-state index in [9.17, 15) is 4.39 Å². The van der Waals surface area contributed by atoms with Crippen LogP contribution in [0.25, 0.3) is 10.9 Å². The summed E-state index contributed by atoms with van der Waals surface area (Å²) in [6.45, 7) is 0.543. The van der Waals surface area contributed by atoms with Crippen molar-refractivity contribution in [3.63, 3.8) is 0 Å². The van der Waals surface area contributed by atoms with E-state index in [1.807, 2.05) is 24.4 Å². The number of hydrogen-bond donors (Lipinski definition) is 0. The summed E-state index contributed by atoms with van der Waals surface area (Å²) in [6.07, 6.45) is 2.21. The topological polar surface area (TPSA) is 28.7 Å². The predicted molar refractivity (Wildman–Crippen MR) is 52.1 cm³/mol. The van der Waals surface area contributed by atoms with Crippen LogP contribution in [0.2, 0.25) is 0 Å². The molecule has 14 heavy (non-hydrogen) atoms. The number of rotatable bonds is 2. The first kappa shape index (κ1) is 8.76. The molecule has 0 N–H and O–H groups in total. The molecule has 1 aromatic carbocycles. The van der Waals surface area contributed by atoms with Crippen LogP contribution in [0.15, 0.2) is 30.5 Å². The summed E-state index contributed by atoms with van der Waals surface area (Å²) in [6, 6.07) is 8.89. The number of aryl methyl sites for hydroxylation is 1. The van der Waals surface area contributed by atoms with Crippen LogP contribution in [0.5, 0.6) is 0 Å². The Kier molecular flexibility index (Phi) is 2.19. The van der Waals surface area contributed by atoms with Crippen LogP contribution in [-0.2, 0) is 6.54 Å². The fraction of sp³-hybridized carbons (Fsp3) is 0.182. The summed E-state index contributed by atoms with van der Waals surface area (Å²) in [5.41, 5.74) is 0.586. The molecular formula is C11H9FN2. The first-order valence-corrected chi connectivity index (χ1v) is 4.43. The second-order valence-electron chi connectivity index (χ2n) is 3.09. The van der Waals surface area contributed by atoms with Crippen molar-refractivity contribution < 1.29 is 4.39 Å². The Morgan fingerprint density at radius 2 is 2.21 bits per heavy atom. The number of hydrogen-bond acceptors (Lipinski definition) is 1. The van der Waals surface area contributed by atoms with E-state index in [1.165, 1.54) is 6.07 Å². The zero-order valence-corrected chi connectivity index (χ0v) is 7.57. The molecular weight excluding hydrogens is 179 g/mol. The van der Waals surface area contributed by atoms with E-state index < -0.39 is 0 Å². The third-order valence-corrected chi connectivity index (χ3v) is 2.20. The van der Waals surface area contributed by atoms with Gasteiger partial charge in [0.1, 0.15) is 5.82 Å². The van der Waals surface area contributed by atoms with Gasteiger partial charge in [-0.1, -0.05) is 12.1 Å². The molecule has 0 saturated heterocycles. The highest BCUT2D eigenvalue weighted by Crippen LogP contribution is 2.19. The minimum absolute atomic E-state index is 0.231. The van der Waals surface area contributed by atoms with Crippen molar-refractivity contribution in [1.29, 1.82) is 5.26 Å². The minimum Gasteiger partial charge on any atom is -0.344 e. The second kappa shape index (κ2) is 3.51. The van der Waals surface area contributed by atoms with Gasteiger partial charge in [0.05, 0.1) is 18.0 Å². The molecule has 2 aromatic rings. The highest BCUT2D eigenvalue weighted by Gasteiger charge is 2.04. The van der Waals surface area contributed by atoms with Crippen molar-refractivity contribution in [3.8, 4) is 6.07 Å². The van der Waals surface area contributed by atoms with Gasteiger partial charge in [-0.3, -0.25) is 0 Å². The van der Waals surface area contributed by atoms with E-state index >= 15 is 0 Å². The van der Waals surface area contributed by atoms with Gasteiger partial charge in [0.2, 0.25) is 0 Å². The Hall–Kier alpha value is -1.82. The van der Waals surface area contributed by atoms with Crippen molar-refractivity contribution in [1.82, 2.24) is 4.57 Å². The second-order valence-corrected chi connectivity index (χ2v) is 3.09. The van der Waals surface area contributed by atoms with Crippen LogP contribution in [0.4, 0.5) is 4.39 Å². The van der Waals surface area contributed by atoms with Gasteiger partial charge in [-0.2, -0.15) is 5.26 Å². The number of fused-ring (bicyclic) bond motifs is 1. The number of halogens is 1. The van der Waals surface area contributed by atoms with Crippen molar-refractivity contribution in [2.75, 3.05) is 0 Å². The predicted octanol–water partition coefficient (Wildman–Crippen LogP) is 2.69. The van der Waals surface area contributed by atoms with Gasteiger partial charge in [0, 0.05) is 18.1 Å². The van der Waals surface area contributed by atoms with Crippen molar-refractivity contribution in [3.05, 3.63) is 36.3 Å². The smallest absolute Gasteiger partial charge is 0.147 e. The van der Waals surface area contributed by atoms with E-state index in [-0.39, 0.29) is 5.82 Å². The van der Waals surface area contributed by atoms with Gasteiger partial charge in [-0.25, -0.2) is 4.39 Å². The Morgan fingerprint density at radius 3 is 3.00 bits per heavy atom. The molecule has 0 bridgehead atoms. The number of aromatic nitrogens is 1. The maximum Gasteiger partial charge on any atom is 0.147 e.